The van der Waals surface area contributed by atoms with Crippen molar-refractivity contribution < 1.29 is 5.11 Å². The van der Waals surface area contributed by atoms with Crippen molar-refractivity contribution in [3.8, 4) is 0 Å². The standard InChI is InChI=1S/C5H11NO2/c1-4(3-6-8)5(2)7/h4-5,7H,3H2,1-2H3. The molecule has 8 heavy (non-hydrogen) atoms. The molecule has 0 aliphatic carbocycles. The summed E-state index contributed by atoms with van der Waals surface area (Å²) in [6, 6.07) is 0. The van der Waals surface area contributed by atoms with Crippen LogP contribution in [-0.2, 0) is 0 Å². The van der Waals surface area contributed by atoms with Crippen molar-refractivity contribution in [3.05, 3.63) is 4.91 Å². The lowest BCUT2D eigenvalue weighted by Gasteiger charge is -2.07. The molecule has 0 spiro atoms. The molecule has 0 bridgehead atoms. The van der Waals surface area contributed by atoms with Gasteiger partial charge < -0.3 is 5.11 Å². The molecule has 0 aliphatic rings. The highest BCUT2D eigenvalue weighted by Crippen LogP contribution is 2.00. The zero-order valence-electron chi connectivity index (χ0n) is 5.16. The molecule has 3 nitrogen and oxygen atoms in total. The highest BCUT2D eigenvalue weighted by molar-refractivity contribution is 4.60. The molecule has 0 aromatic heterocycles. The molecule has 0 fully saturated rings. The third-order valence-corrected chi connectivity index (χ3v) is 1.19. The molecule has 48 valence electrons. The largest absolute Gasteiger partial charge is 0.393 e. The summed E-state index contributed by atoms with van der Waals surface area (Å²) in [5.74, 6) is -0.00694. The van der Waals surface area contributed by atoms with Crippen LogP contribution in [0.5, 0.6) is 0 Å². The predicted octanol–water partition coefficient (Wildman–Crippen LogP) is 0.770. The van der Waals surface area contributed by atoms with Crippen LogP contribution in [0.25, 0.3) is 0 Å². The van der Waals surface area contributed by atoms with Crippen molar-refractivity contribution in [3.63, 3.8) is 0 Å². The van der Waals surface area contributed by atoms with Gasteiger partial charge in [-0.15, -0.1) is 0 Å². The maximum Gasteiger partial charge on any atom is 0.0861 e. The van der Waals surface area contributed by atoms with Gasteiger partial charge in [0.1, 0.15) is 0 Å². The van der Waals surface area contributed by atoms with Crippen molar-refractivity contribution in [2.24, 2.45) is 11.1 Å². The topological polar surface area (TPSA) is 49.7 Å². The summed E-state index contributed by atoms with van der Waals surface area (Å²) >= 11 is 0. The van der Waals surface area contributed by atoms with Crippen LogP contribution >= 0.6 is 0 Å². The lowest BCUT2D eigenvalue weighted by atomic mass is 10.1. The van der Waals surface area contributed by atoms with E-state index in [1.54, 1.807) is 13.8 Å². The number of hydrogen-bond donors (Lipinski definition) is 1. The predicted molar refractivity (Wildman–Crippen MR) is 31.5 cm³/mol. The van der Waals surface area contributed by atoms with E-state index in [0.29, 0.717) is 0 Å². The summed E-state index contributed by atoms with van der Waals surface area (Å²) < 4.78 is 0. The zero-order chi connectivity index (χ0) is 6.57. The highest BCUT2D eigenvalue weighted by Gasteiger charge is 2.06. The van der Waals surface area contributed by atoms with E-state index in [9.17, 15) is 4.91 Å². The molecule has 0 rings (SSSR count). The summed E-state index contributed by atoms with van der Waals surface area (Å²) in [5.41, 5.74) is 0. The van der Waals surface area contributed by atoms with Crippen molar-refractivity contribution >= 4 is 0 Å². The maximum absolute atomic E-state index is 9.56. The third kappa shape index (κ3) is 2.69. The average Bonchev–Trinajstić information content (AvgIpc) is 1.67. The van der Waals surface area contributed by atoms with Crippen LogP contribution in [0.4, 0.5) is 0 Å². The molecule has 1 N–H and O–H groups in total. The second-order valence-corrected chi connectivity index (χ2v) is 2.03. The molecule has 2 atom stereocenters. The number of aliphatic hydroxyl groups is 1. The van der Waals surface area contributed by atoms with Crippen molar-refractivity contribution in [1.29, 1.82) is 0 Å². The highest BCUT2D eigenvalue weighted by atomic mass is 16.3. The minimum Gasteiger partial charge on any atom is -0.393 e. The minimum absolute atomic E-state index is 0.00694. The summed E-state index contributed by atoms with van der Waals surface area (Å²) in [6.45, 7) is 3.64. The van der Waals surface area contributed by atoms with Crippen LogP contribution in [0.3, 0.4) is 0 Å². The van der Waals surface area contributed by atoms with Gasteiger partial charge in [0.05, 0.1) is 12.6 Å². The van der Waals surface area contributed by atoms with Gasteiger partial charge in [-0.3, -0.25) is 0 Å². The molecular formula is C5H11NO2. The lowest BCUT2D eigenvalue weighted by Crippen LogP contribution is -2.15. The van der Waals surface area contributed by atoms with E-state index in [1.165, 1.54) is 0 Å². The van der Waals surface area contributed by atoms with Crippen molar-refractivity contribution in [1.82, 2.24) is 0 Å². The van der Waals surface area contributed by atoms with Crippen molar-refractivity contribution in [2.75, 3.05) is 6.54 Å². The van der Waals surface area contributed by atoms with Gasteiger partial charge in [0.15, 0.2) is 0 Å². The number of hydrogen-bond acceptors (Lipinski definition) is 3. The quantitative estimate of drug-likeness (QED) is 0.555. The zero-order valence-corrected chi connectivity index (χ0v) is 5.16. The van der Waals surface area contributed by atoms with Gasteiger partial charge >= 0.3 is 0 Å². The Bertz CT molecular complexity index is 72.8. The van der Waals surface area contributed by atoms with Crippen LogP contribution < -0.4 is 0 Å². The van der Waals surface area contributed by atoms with Gasteiger partial charge in [-0.2, -0.15) is 4.91 Å². The fraction of sp³-hybridized carbons (Fsp3) is 1.00. The number of nitrogens with zero attached hydrogens (tertiary/aromatic N) is 1. The first-order valence-electron chi connectivity index (χ1n) is 2.65. The first-order valence-corrected chi connectivity index (χ1v) is 2.65. The van der Waals surface area contributed by atoms with E-state index in [4.69, 9.17) is 5.11 Å². The van der Waals surface area contributed by atoms with E-state index < -0.39 is 6.10 Å². The number of aliphatic hydroxyl groups excluding tert-OH is 1. The molecule has 0 radical (unpaired) electrons. The molecule has 0 aromatic carbocycles. The van der Waals surface area contributed by atoms with Crippen LogP contribution in [0.15, 0.2) is 5.18 Å². The number of rotatable bonds is 3. The first kappa shape index (κ1) is 7.56. The average molecular weight is 117 g/mol. The Hall–Kier alpha value is -0.440. The van der Waals surface area contributed by atoms with Gasteiger partial charge in [0.25, 0.3) is 0 Å². The fourth-order valence-electron chi connectivity index (χ4n) is 0.270. The fourth-order valence-corrected chi connectivity index (χ4v) is 0.270. The minimum atomic E-state index is -0.423. The normalized spacial score (nSPS) is 17.4. The molecule has 0 heterocycles. The molecule has 0 aromatic rings. The van der Waals surface area contributed by atoms with Crippen LogP contribution in [0.1, 0.15) is 13.8 Å². The van der Waals surface area contributed by atoms with E-state index in [2.05, 4.69) is 5.18 Å². The Morgan fingerprint density at radius 3 is 2.25 bits per heavy atom. The van der Waals surface area contributed by atoms with Crippen LogP contribution in [0.2, 0.25) is 0 Å². The molecule has 0 saturated carbocycles. The van der Waals surface area contributed by atoms with Gasteiger partial charge in [-0.25, -0.2) is 0 Å². The smallest absolute Gasteiger partial charge is 0.0861 e. The van der Waals surface area contributed by atoms with E-state index in [-0.39, 0.29) is 12.5 Å². The Morgan fingerprint density at radius 1 is 1.62 bits per heavy atom. The Kier molecular flexibility index (Phi) is 3.35. The van der Waals surface area contributed by atoms with Crippen LogP contribution in [0, 0.1) is 10.8 Å². The van der Waals surface area contributed by atoms with Crippen molar-refractivity contribution in [2.45, 2.75) is 20.0 Å². The van der Waals surface area contributed by atoms with E-state index >= 15 is 0 Å². The molecule has 0 amide bonds. The van der Waals surface area contributed by atoms with Crippen LogP contribution in [-0.4, -0.2) is 17.8 Å². The summed E-state index contributed by atoms with van der Waals surface area (Å²) in [7, 11) is 0. The SMILES string of the molecule is CC(O)C(C)CN=O. The monoisotopic (exact) mass is 117 g/mol. The Balaban J connectivity index is 3.30. The lowest BCUT2D eigenvalue weighted by molar-refractivity contribution is 0.139. The molecule has 3 heteroatoms. The maximum atomic E-state index is 9.56. The summed E-state index contributed by atoms with van der Waals surface area (Å²) in [5, 5.41) is 11.4. The van der Waals surface area contributed by atoms with E-state index in [1.807, 2.05) is 0 Å². The molecule has 0 saturated heterocycles. The van der Waals surface area contributed by atoms with E-state index in [0.717, 1.165) is 0 Å². The second kappa shape index (κ2) is 3.55. The first-order chi connectivity index (χ1) is 3.68. The third-order valence-electron chi connectivity index (χ3n) is 1.19. The summed E-state index contributed by atoms with van der Waals surface area (Å²) in [6.07, 6.45) is -0.423. The summed E-state index contributed by atoms with van der Waals surface area (Å²) in [4.78, 5) is 9.56. The molecule has 0 aliphatic heterocycles. The molecular weight excluding hydrogens is 106 g/mol. The Labute approximate surface area is 48.7 Å². The Morgan fingerprint density at radius 2 is 2.12 bits per heavy atom. The van der Waals surface area contributed by atoms with Gasteiger partial charge in [-0.1, -0.05) is 12.1 Å². The number of nitroso groups, excluding NO2 is 1. The van der Waals surface area contributed by atoms with Gasteiger partial charge in [-0.05, 0) is 6.92 Å². The molecule has 2 unspecified atom stereocenters. The second-order valence-electron chi connectivity index (χ2n) is 2.03. The van der Waals surface area contributed by atoms with Gasteiger partial charge in [0, 0.05) is 5.92 Å². The van der Waals surface area contributed by atoms with Gasteiger partial charge in [0.2, 0.25) is 0 Å².